The van der Waals surface area contributed by atoms with Crippen LogP contribution in [0.5, 0.6) is 11.5 Å². The van der Waals surface area contributed by atoms with E-state index in [4.69, 9.17) is 9.47 Å². The van der Waals surface area contributed by atoms with E-state index in [2.05, 4.69) is 42.4 Å². The third-order valence-corrected chi connectivity index (χ3v) is 5.44. The summed E-state index contributed by atoms with van der Waals surface area (Å²) < 4.78 is 12.9. The molecular weight excluding hydrogens is 540 g/mol. The van der Waals surface area contributed by atoms with Crippen molar-refractivity contribution in [1.29, 1.82) is 0 Å². The predicted molar refractivity (Wildman–Crippen MR) is 130 cm³/mol. The van der Waals surface area contributed by atoms with Crippen LogP contribution in [-0.2, 0) is 4.79 Å². The van der Waals surface area contributed by atoms with Crippen LogP contribution >= 0.6 is 31.9 Å². The summed E-state index contributed by atoms with van der Waals surface area (Å²) in [5.41, 5.74) is 4.25. The quantitative estimate of drug-likeness (QED) is 0.175. The fraction of sp³-hybridized carbons (Fsp3) is 0.125. The number of ether oxygens (including phenoxy) is 2. The fourth-order valence-electron chi connectivity index (χ4n) is 2.70. The molecule has 1 amide bonds. The average Bonchev–Trinajstić information content (AvgIpc) is 2.77. The second-order valence-corrected chi connectivity index (χ2v) is 8.67. The average molecular weight is 560 g/mol. The van der Waals surface area contributed by atoms with Gasteiger partial charge in [-0.05, 0) is 67.9 Å². The van der Waals surface area contributed by atoms with Gasteiger partial charge in [-0.3, -0.25) is 4.79 Å². The van der Waals surface area contributed by atoms with Crippen molar-refractivity contribution in [3.05, 3.63) is 92.4 Å². The Labute approximate surface area is 202 Å². The number of nitrogens with one attached hydrogen (secondary N) is 1. The number of benzene rings is 3. The molecule has 0 aliphatic rings. The zero-order valence-electron chi connectivity index (χ0n) is 17.3. The molecule has 0 bridgehead atoms. The van der Waals surface area contributed by atoms with Gasteiger partial charge >= 0.3 is 5.97 Å². The summed E-state index contributed by atoms with van der Waals surface area (Å²) in [6.45, 7) is 3.47. The number of hydrogen-bond donors (Lipinski definition) is 1. The second-order valence-electron chi connectivity index (χ2n) is 6.83. The highest BCUT2D eigenvalue weighted by Gasteiger charge is 2.15. The normalized spacial score (nSPS) is 11.8. The van der Waals surface area contributed by atoms with Crippen molar-refractivity contribution in [3.8, 4) is 11.5 Å². The van der Waals surface area contributed by atoms with E-state index in [1.165, 1.54) is 6.21 Å². The standard InChI is InChI=1S/C24H20Br2N2O4/c1-15-5-3-4-6-21(15)24(30)32-22-12-9-19(26)13-17(22)14-27-28-23(29)16(2)31-20-10-7-18(25)8-11-20/h3-14,16H,1-2H3,(H,28,29). The number of amides is 1. The highest BCUT2D eigenvalue weighted by atomic mass is 79.9. The van der Waals surface area contributed by atoms with E-state index < -0.39 is 18.0 Å². The van der Waals surface area contributed by atoms with Gasteiger partial charge in [0, 0.05) is 14.5 Å². The molecule has 0 heterocycles. The van der Waals surface area contributed by atoms with Gasteiger partial charge in [0.2, 0.25) is 0 Å². The molecule has 0 radical (unpaired) electrons. The molecule has 0 spiro atoms. The lowest BCUT2D eigenvalue weighted by Gasteiger charge is -2.13. The van der Waals surface area contributed by atoms with E-state index in [-0.39, 0.29) is 0 Å². The third kappa shape index (κ3) is 6.51. The van der Waals surface area contributed by atoms with Crippen LogP contribution in [0.4, 0.5) is 0 Å². The molecule has 6 nitrogen and oxygen atoms in total. The van der Waals surface area contributed by atoms with Crippen LogP contribution in [0, 0.1) is 6.92 Å². The van der Waals surface area contributed by atoms with Crippen LogP contribution in [0.2, 0.25) is 0 Å². The molecule has 3 aromatic carbocycles. The largest absolute Gasteiger partial charge is 0.481 e. The number of rotatable bonds is 7. The Morgan fingerprint density at radius 2 is 1.69 bits per heavy atom. The van der Waals surface area contributed by atoms with E-state index in [0.29, 0.717) is 22.6 Å². The first-order valence-electron chi connectivity index (χ1n) is 9.66. The molecule has 8 heteroatoms. The van der Waals surface area contributed by atoms with Gasteiger partial charge in [-0.2, -0.15) is 5.10 Å². The summed E-state index contributed by atoms with van der Waals surface area (Å²) in [4.78, 5) is 24.9. The Kier molecular flexibility index (Phi) is 8.19. The molecule has 3 aromatic rings. The minimum absolute atomic E-state index is 0.318. The SMILES string of the molecule is Cc1ccccc1C(=O)Oc1ccc(Br)cc1C=NNC(=O)C(C)Oc1ccc(Br)cc1. The molecule has 0 saturated carbocycles. The van der Waals surface area contributed by atoms with Crippen LogP contribution in [0.15, 0.2) is 80.8 Å². The Balaban J connectivity index is 1.66. The number of carbonyl (C=O) groups excluding carboxylic acids is 2. The highest BCUT2D eigenvalue weighted by molar-refractivity contribution is 9.10. The molecule has 0 aliphatic carbocycles. The van der Waals surface area contributed by atoms with E-state index in [1.54, 1.807) is 49.4 Å². The molecule has 0 aromatic heterocycles. The second kappa shape index (κ2) is 11.1. The summed E-state index contributed by atoms with van der Waals surface area (Å²) in [6.07, 6.45) is 0.657. The summed E-state index contributed by atoms with van der Waals surface area (Å²) >= 11 is 6.74. The first kappa shape index (κ1) is 23.7. The number of aryl methyl sites for hydroxylation is 1. The Bertz CT molecular complexity index is 1150. The van der Waals surface area contributed by atoms with E-state index in [0.717, 1.165) is 14.5 Å². The van der Waals surface area contributed by atoms with Crippen LogP contribution in [0.3, 0.4) is 0 Å². The molecule has 32 heavy (non-hydrogen) atoms. The zero-order chi connectivity index (χ0) is 23.1. The van der Waals surface area contributed by atoms with Gasteiger partial charge in [0.15, 0.2) is 6.10 Å². The van der Waals surface area contributed by atoms with Crippen LogP contribution in [0.25, 0.3) is 0 Å². The minimum atomic E-state index is -0.755. The summed E-state index contributed by atoms with van der Waals surface area (Å²) in [6, 6.07) is 19.5. The van der Waals surface area contributed by atoms with Gasteiger partial charge in [-0.15, -0.1) is 0 Å². The Morgan fingerprint density at radius 1 is 1.00 bits per heavy atom. The molecule has 3 rings (SSSR count). The van der Waals surface area contributed by atoms with Gasteiger partial charge in [0.25, 0.3) is 5.91 Å². The number of carbonyl (C=O) groups is 2. The van der Waals surface area contributed by atoms with Crippen LogP contribution in [0.1, 0.15) is 28.4 Å². The number of esters is 1. The van der Waals surface area contributed by atoms with E-state index >= 15 is 0 Å². The third-order valence-electron chi connectivity index (χ3n) is 4.41. The lowest BCUT2D eigenvalue weighted by Crippen LogP contribution is -2.33. The van der Waals surface area contributed by atoms with Gasteiger partial charge in [-0.25, -0.2) is 10.2 Å². The monoisotopic (exact) mass is 558 g/mol. The van der Waals surface area contributed by atoms with Crippen molar-refractivity contribution in [1.82, 2.24) is 5.43 Å². The first-order chi connectivity index (χ1) is 15.3. The zero-order valence-corrected chi connectivity index (χ0v) is 20.5. The van der Waals surface area contributed by atoms with Crippen LogP contribution in [-0.4, -0.2) is 24.2 Å². The highest BCUT2D eigenvalue weighted by Crippen LogP contribution is 2.23. The lowest BCUT2D eigenvalue weighted by molar-refractivity contribution is -0.127. The van der Waals surface area contributed by atoms with E-state index in [9.17, 15) is 9.59 Å². The van der Waals surface area contributed by atoms with Crippen molar-refractivity contribution in [2.75, 3.05) is 0 Å². The topological polar surface area (TPSA) is 77.0 Å². The molecule has 0 saturated heterocycles. The molecule has 164 valence electrons. The van der Waals surface area contributed by atoms with E-state index in [1.807, 2.05) is 31.2 Å². The number of hydrogen-bond acceptors (Lipinski definition) is 5. The summed E-state index contributed by atoms with van der Waals surface area (Å²) in [5.74, 6) is -0.00548. The van der Waals surface area contributed by atoms with Gasteiger partial charge in [0.05, 0.1) is 11.8 Å². The van der Waals surface area contributed by atoms with Crippen LogP contribution < -0.4 is 14.9 Å². The maximum absolute atomic E-state index is 12.6. The molecule has 1 N–H and O–H groups in total. The molecular formula is C24H20Br2N2O4. The summed E-state index contributed by atoms with van der Waals surface area (Å²) in [7, 11) is 0. The lowest BCUT2D eigenvalue weighted by atomic mass is 10.1. The van der Waals surface area contributed by atoms with Gasteiger partial charge < -0.3 is 9.47 Å². The maximum atomic E-state index is 12.6. The van der Waals surface area contributed by atoms with Crippen molar-refractivity contribution in [2.24, 2.45) is 5.10 Å². The number of hydrazone groups is 1. The fourth-order valence-corrected chi connectivity index (χ4v) is 3.34. The van der Waals surface area contributed by atoms with Crippen molar-refractivity contribution < 1.29 is 19.1 Å². The van der Waals surface area contributed by atoms with Gasteiger partial charge in [0.1, 0.15) is 11.5 Å². The maximum Gasteiger partial charge on any atom is 0.343 e. The number of halogens is 2. The summed E-state index contributed by atoms with van der Waals surface area (Å²) in [5, 5.41) is 3.99. The smallest absolute Gasteiger partial charge is 0.343 e. The van der Waals surface area contributed by atoms with Gasteiger partial charge in [-0.1, -0.05) is 50.1 Å². The molecule has 0 fully saturated rings. The number of nitrogens with zero attached hydrogens (tertiary/aromatic N) is 1. The molecule has 1 atom stereocenters. The Hall–Kier alpha value is -2.97. The molecule has 0 aliphatic heterocycles. The predicted octanol–water partition coefficient (Wildman–Crippen LogP) is 5.66. The Morgan fingerprint density at radius 3 is 2.41 bits per heavy atom. The first-order valence-corrected chi connectivity index (χ1v) is 11.2. The van der Waals surface area contributed by atoms with Crippen molar-refractivity contribution >= 4 is 50.0 Å². The minimum Gasteiger partial charge on any atom is -0.481 e. The van der Waals surface area contributed by atoms with Crippen molar-refractivity contribution in [3.63, 3.8) is 0 Å². The molecule has 1 unspecified atom stereocenters. The van der Waals surface area contributed by atoms with Crippen molar-refractivity contribution in [2.45, 2.75) is 20.0 Å².